The molecule has 4 aliphatic rings. The summed E-state index contributed by atoms with van der Waals surface area (Å²) in [5, 5.41) is 18.8. The zero-order chi connectivity index (χ0) is 34.6. The van der Waals surface area contributed by atoms with Crippen molar-refractivity contribution in [2.24, 2.45) is 33.9 Å². The molecule has 13 nitrogen and oxygen atoms in total. The molecular weight excluding hydrogens is 601 g/mol. The van der Waals surface area contributed by atoms with Crippen molar-refractivity contribution in [3.05, 3.63) is 10.1 Å². The third-order valence-corrected chi connectivity index (χ3v) is 10.7. The molecule has 0 aromatic rings. The van der Waals surface area contributed by atoms with Crippen molar-refractivity contribution in [3.8, 4) is 0 Å². The average molecular weight is 664 g/mol. The number of unbranched alkanes of at least 4 members (excludes halogenated alkanes) is 8. The van der Waals surface area contributed by atoms with E-state index in [-0.39, 0.29) is 42.3 Å². The van der Waals surface area contributed by atoms with Gasteiger partial charge in [0.1, 0.15) is 6.04 Å². The lowest BCUT2D eigenvalue weighted by atomic mass is 9.43. The summed E-state index contributed by atoms with van der Waals surface area (Å²) in [6, 6.07) is -1.25. The van der Waals surface area contributed by atoms with Crippen LogP contribution in [-0.4, -0.2) is 66.8 Å². The van der Waals surface area contributed by atoms with Gasteiger partial charge in [-0.25, -0.2) is 19.9 Å². The first-order chi connectivity index (χ1) is 22.3. The lowest BCUT2D eigenvalue weighted by Crippen LogP contribution is -2.65. The Hall–Kier alpha value is -2.61. The first-order valence-corrected chi connectivity index (χ1v) is 18.2. The number of nitrogens with zero attached hydrogens (tertiary/aromatic N) is 2. The molecule has 0 unspecified atom stereocenters. The van der Waals surface area contributed by atoms with E-state index >= 15 is 0 Å². The second-order valence-corrected chi connectivity index (χ2v) is 15.1. The summed E-state index contributed by atoms with van der Waals surface area (Å²) in [6.07, 6.45) is 14.1. The summed E-state index contributed by atoms with van der Waals surface area (Å²) in [6.45, 7) is 13.9. The molecule has 0 spiro atoms. The van der Waals surface area contributed by atoms with Crippen molar-refractivity contribution in [2.45, 2.75) is 155 Å². The van der Waals surface area contributed by atoms with Crippen molar-refractivity contribution >= 4 is 25.0 Å². The van der Waals surface area contributed by atoms with Crippen molar-refractivity contribution in [3.63, 3.8) is 0 Å². The number of nitro groups is 1. The van der Waals surface area contributed by atoms with Crippen LogP contribution in [-0.2, 0) is 14.1 Å². The third kappa shape index (κ3) is 11.2. The van der Waals surface area contributed by atoms with E-state index in [1.807, 2.05) is 5.43 Å². The Balaban J connectivity index is 1.57. The van der Waals surface area contributed by atoms with Gasteiger partial charge in [0.15, 0.2) is 5.03 Å². The molecule has 4 rings (SSSR count). The van der Waals surface area contributed by atoms with Gasteiger partial charge in [0.2, 0.25) is 5.91 Å². The normalized spacial score (nSPS) is 25.8. The van der Waals surface area contributed by atoms with Crippen LogP contribution in [0.2, 0.25) is 0 Å². The second kappa shape index (κ2) is 18.2. The number of carbonyl (C=O) groups is 2. The zero-order valence-electron chi connectivity index (χ0n) is 29.8. The molecule has 1 saturated heterocycles. The predicted octanol–water partition coefficient (Wildman–Crippen LogP) is 4.86. The fraction of sp³-hybridized carbons (Fsp3) is 0.909. The van der Waals surface area contributed by atoms with Gasteiger partial charge >= 0.3 is 13.1 Å². The molecule has 6 N–H and O–H groups in total. The van der Waals surface area contributed by atoms with E-state index in [9.17, 15) is 19.7 Å². The first-order valence-electron chi connectivity index (χ1n) is 18.2. The molecule has 268 valence electrons. The molecule has 0 aromatic heterocycles. The third-order valence-electron chi connectivity index (χ3n) is 10.7. The zero-order valence-corrected chi connectivity index (χ0v) is 29.8. The summed E-state index contributed by atoms with van der Waals surface area (Å²) in [5.74, 6) is 0.257. The van der Waals surface area contributed by atoms with Gasteiger partial charge in [0.25, 0.3) is 5.96 Å². The highest BCUT2D eigenvalue weighted by atomic mass is 16.7. The van der Waals surface area contributed by atoms with Crippen molar-refractivity contribution < 1.29 is 23.9 Å². The second-order valence-electron chi connectivity index (χ2n) is 15.1. The molecule has 3 amide bonds. The van der Waals surface area contributed by atoms with Crippen LogP contribution in [0.4, 0.5) is 4.79 Å². The highest BCUT2D eigenvalue weighted by Crippen LogP contribution is 2.65. The number of hydrogen-bond acceptors (Lipinski definition) is 7. The Labute approximate surface area is 282 Å². The maximum atomic E-state index is 13.8. The average Bonchev–Trinajstić information content (AvgIpc) is 3.36. The molecule has 3 aliphatic carbocycles. The Kier molecular flexibility index (Phi) is 15.1. The number of rotatable bonds is 21. The summed E-state index contributed by atoms with van der Waals surface area (Å²) in [7, 11) is -0.578. The Bertz CT molecular complexity index is 1060. The van der Waals surface area contributed by atoms with Gasteiger partial charge in [0.05, 0.1) is 17.6 Å². The van der Waals surface area contributed by atoms with Gasteiger partial charge in [-0.2, -0.15) is 0 Å². The van der Waals surface area contributed by atoms with Crippen LogP contribution in [0.1, 0.15) is 131 Å². The Morgan fingerprint density at radius 2 is 1.68 bits per heavy atom. The SMILES string of the molecule is CCCCCCCCCCCNC(=O)N[C@@H](CCCN=C(N)N[N+](=O)[O-])C(=O)N[C@@H](CC(C)C)B1O[C@@H]2C[C@H]3C[C@H](C3(C)C)[C@]2(C)O1. The molecule has 3 saturated carbocycles. The molecule has 2 bridgehead atoms. The maximum Gasteiger partial charge on any atom is 0.481 e. The molecule has 0 radical (unpaired) electrons. The smallest absolute Gasteiger partial charge is 0.404 e. The number of amides is 3. The highest BCUT2D eigenvalue weighted by Gasteiger charge is 2.68. The summed E-state index contributed by atoms with van der Waals surface area (Å²) in [4.78, 5) is 41.3. The standard InChI is InChI=1S/C33H62BN7O6/c1-7-8-9-10-11-12-13-14-15-18-37-31(43)38-25(17-16-19-36-30(35)40-41(44)45)29(42)39-28(20-23(2)3)34-46-27-22-24-21-26(32(24,4)5)33(27,6)47-34/h23-28H,7-22H2,1-6H3,(H,39,42)(H3,35,36,40)(H2,37,38,43)/t24-,25+,26-,27-,28+,33+/m1/s1. The van der Waals surface area contributed by atoms with E-state index < -0.39 is 35.8 Å². The lowest BCUT2D eigenvalue weighted by molar-refractivity contribution is -0.525. The van der Waals surface area contributed by atoms with Crippen molar-refractivity contribution in [2.75, 3.05) is 13.1 Å². The van der Waals surface area contributed by atoms with Crippen molar-refractivity contribution in [1.82, 2.24) is 21.4 Å². The molecule has 4 fully saturated rings. The van der Waals surface area contributed by atoms with E-state index in [1.165, 1.54) is 38.5 Å². The Morgan fingerprint density at radius 3 is 2.30 bits per heavy atom. The largest absolute Gasteiger partial charge is 0.481 e. The van der Waals surface area contributed by atoms with Crippen LogP contribution in [0.5, 0.6) is 0 Å². The number of aliphatic imine (C=N–C) groups is 1. The van der Waals surface area contributed by atoms with Crippen LogP contribution in [0.15, 0.2) is 4.99 Å². The van der Waals surface area contributed by atoms with Gasteiger partial charge in [-0.1, -0.05) is 91.4 Å². The van der Waals surface area contributed by atoms with E-state index in [2.05, 4.69) is 62.5 Å². The molecule has 0 aromatic carbocycles. The van der Waals surface area contributed by atoms with E-state index in [4.69, 9.17) is 15.0 Å². The number of nitrogens with two attached hydrogens (primary N) is 1. The van der Waals surface area contributed by atoms with Crippen LogP contribution in [0.3, 0.4) is 0 Å². The number of guanidine groups is 1. The minimum absolute atomic E-state index is 0.00677. The fourth-order valence-corrected chi connectivity index (χ4v) is 7.84. The fourth-order valence-electron chi connectivity index (χ4n) is 7.84. The van der Waals surface area contributed by atoms with Gasteiger partial charge in [0, 0.05) is 13.1 Å². The number of carbonyl (C=O) groups excluding carboxylic acids is 2. The molecule has 47 heavy (non-hydrogen) atoms. The van der Waals surface area contributed by atoms with Crippen LogP contribution in [0, 0.1) is 33.3 Å². The number of hydrazine groups is 1. The van der Waals surface area contributed by atoms with Gasteiger partial charge in [-0.3, -0.25) is 4.79 Å². The van der Waals surface area contributed by atoms with Crippen LogP contribution in [0.25, 0.3) is 0 Å². The van der Waals surface area contributed by atoms with Gasteiger partial charge in [-0.05, 0) is 68.6 Å². The first kappa shape index (κ1) is 38.8. The molecular formula is C33H62BN7O6. The molecule has 1 aliphatic heterocycles. The van der Waals surface area contributed by atoms with E-state index in [0.717, 1.165) is 32.1 Å². The monoisotopic (exact) mass is 663 g/mol. The number of nitrogens with one attached hydrogen (secondary N) is 4. The van der Waals surface area contributed by atoms with E-state index in [1.54, 1.807) is 0 Å². The lowest BCUT2D eigenvalue weighted by Gasteiger charge is -2.64. The molecule has 14 heteroatoms. The highest BCUT2D eigenvalue weighted by molar-refractivity contribution is 6.48. The van der Waals surface area contributed by atoms with Gasteiger partial charge in [-0.15, -0.1) is 0 Å². The predicted molar refractivity (Wildman–Crippen MR) is 185 cm³/mol. The number of hydrogen-bond donors (Lipinski definition) is 5. The maximum absolute atomic E-state index is 13.8. The van der Waals surface area contributed by atoms with E-state index in [0.29, 0.717) is 31.2 Å². The summed E-state index contributed by atoms with van der Waals surface area (Å²) < 4.78 is 13.2. The van der Waals surface area contributed by atoms with Crippen LogP contribution >= 0.6 is 0 Å². The van der Waals surface area contributed by atoms with Crippen molar-refractivity contribution in [1.29, 1.82) is 0 Å². The van der Waals surface area contributed by atoms with Crippen LogP contribution < -0.4 is 27.1 Å². The summed E-state index contributed by atoms with van der Waals surface area (Å²) in [5.41, 5.74) is 7.16. The molecule has 1 heterocycles. The van der Waals surface area contributed by atoms with Gasteiger partial charge < -0.3 is 31.0 Å². The Morgan fingerprint density at radius 1 is 1.02 bits per heavy atom. The minimum atomic E-state index is -0.848. The minimum Gasteiger partial charge on any atom is -0.404 e. The quantitative estimate of drug-likeness (QED) is 0.0288. The number of urea groups is 1. The summed E-state index contributed by atoms with van der Waals surface area (Å²) >= 11 is 0. The topological polar surface area (TPSA) is 182 Å². The molecule has 6 atom stereocenters.